The quantitative estimate of drug-likeness (QED) is 0.739. The molecule has 1 aromatic heterocycles. The van der Waals surface area contributed by atoms with E-state index < -0.39 is 0 Å². The van der Waals surface area contributed by atoms with Gasteiger partial charge in [0.05, 0.1) is 7.11 Å². The van der Waals surface area contributed by atoms with E-state index in [0.29, 0.717) is 0 Å². The Kier molecular flexibility index (Phi) is 6.10. The van der Waals surface area contributed by atoms with Crippen LogP contribution >= 0.6 is 0 Å². The Morgan fingerprint density at radius 1 is 1.04 bits per heavy atom. The number of aromatic nitrogens is 1. The Balaban J connectivity index is 1.91. The number of fused-ring (bicyclic) bond motifs is 2. The fraction of sp³-hybridized carbons (Fsp3) is 0.409. The molecule has 0 N–H and O–H groups in total. The molecule has 1 aliphatic carbocycles. The average Bonchev–Trinajstić information content (AvgIpc) is 3.00. The van der Waals surface area contributed by atoms with Gasteiger partial charge in [0.25, 0.3) is 0 Å². The molecule has 0 saturated heterocycles. The van der Waals surface area contributed by atoms with E-state index in [1.807, 2.05) is 12.1 Å². The number of aryl methyl sites for hydroxylation is 1. The number of ether oxygens (including phenoxy) is 1. The molecule has 0 spiro atoms. The Hall–Kier alpha value is -2.29. The summed E-state index contributed by atoms with van der Waals surface area (Å²) in [6.07, 6.45) is 12.0. The van der Waals surface area contributed by atoms with Crippen LogP contribution in [0.3, 0.4) is 0 Å². The van der Waals surface area contributed by atoms with Crippen molar-refractivity contribution in [3.8, 4) is 0 Å². The third-order valence-corrected chi connectivity index (χ3v) is 4.87. The number of carbonyl (C=O) groups is 1. The van der Waals surface area contributed by atoms with E-state index in [9.17, 15) is 4.79 Å². The van der Waals surface area contributed by atoms with Crippen LogP contribution in [0.4, 0.5) is 0 Å². The van der Waals surface area contributed by atoms with E-state index in [-0.39, 0.29) is 5.97 Å². The summed E-state index contributed by atoms with van der Waals surface area (Å²) in [5, 5.41) is 0. The molecular formula is C22H27NO2. The summed E-state index contributed by atoms with van der Waals surface area (Å²) < 4.78 is 7.30. The topological polar surface area (TPSA) is 31.2 Å². The van der Waals surface area contributed by atoms with Crippen LogP contribution < -0.4 is 0 Å². The predicted molar refractivity (Wildman–Crippen MR) is 101 cm³/mol. The zero-order valence-electron chi connectivity index (χ0n) is 15.0. The molecule has 0 radical (unpaired) electrons. The minimum atomic E-state index is -0.200. The molecule has 1 aromatic carbocycles. The van der Waals surface area contributed by atoms with Gasteiger partial charge in [0.15, 0.2) is 0 Å². The normalized spacial score (nSPS) is 17.7. The van der Waals surface area contributed by atoms with E-state index in [0.717, 1.165) is 36.9 Å². The molecule has 25 heavy (non-hydrogen) atoms. The highest BCUT2D eigenvalue weighted by molar-refractivity contribution is 5.93. The lowest BCUT2D eigenvalue weighted by atomic mass is 10.0. The van der Waals surface area contributed by atoms with Crippen molar-refractivity contribution < 1.29 is 9.53 Å². The number of nitrogens with zero attached hydrogens (tertiary/aromatic N) is 1. The van der Waals surface area contributed by atoms with Crippen molar-refractivity contribution in [3.63, 3.8) is 0 Å². The summed E-state index contributed by atoms with van der Waals surface area (Å²) in [4.78, 5) is 12.1. The lowest BCUT2D eigenvalue weighted by Crippen LogP contribution is -2.04. The largest absolute Gasteiger partial charge is 0.466 e. The van der Waals surface area contributed by atoms with Gasteiger partial charge in [0, 0.05) is 24.0 Å². The number of benzene rings is 1. The van der Waals surface area contributed by atoms with Crippen LogP contribution in [0.15, 0.2) is 48.2 Å². The molecular weight excluding hydrogens is 310 g/mol. The molecule has 3 nitrogen and oxygen atoms in total. The van der Waals surface area contributed by atoms with Crippen LogP contribution in [-0.4, -0.2) is 17.6 Å². The summed E-state index contributed by atoms with van der Waals surface area (Å²) >= 11 is 0. The molecule has 0 aliphatic heterocycles. The third kappa shape index (κ3) is 4.85. The summed E-state index contributed by atoms with van der Waals surface area (Å²) in [5.41, 5.74) is 4.53. The van der Waals surface area contributed by atoms with Gasteiger partial charge in [-0.15, -0.1) is 0 Å². The molecule has 0 unspecified atom stereocenters. The first-order valence-corrected chi connectivity index (χ1v) is 9.28. The first kappa shape index (κ1) is 17.5. The molecule has 3 rings (SSSR count). The highest BCUT2D eigenvalue weighted by atomic mass is 16.5. The molecule has 132 valence electrons. The molecule has 2 bridgehead atoms. The number of rotatable bonds is 3. The van der Waals surface area contributed by atoms with Gasteiger partial charge >= 0.3 is 5.97 Å². The summed E-state index contributed by atoms with van der Waals surface area (Å²) in [6, 6.07) is 12.8. The van der Waals surface area contributed by atoms with Gasteiger partial charge < -0.3 is 9.30 Å². The number of hydrogen-bond donors (Lipinski definition) is 0. The van der Waals surface area contributed by atoms with E-state index >= 15 is 0 Å². The fourth-order valence-corrected chi connectivity index (χ4v) is 3.51. The average molecular weight is 337 g/mol. The Morgan fingerprint density at radius 3 is 2.52 bits per heavy atom. The van der Waals surface area contributed by atoms with Crippen molar-refractivity contribution in [1.29, 1.82) is 0 Å². The number of carbonyl (C=O) groups excluding carboxylic acids is 1. The second-order valence-corrected chi connectivity index (χ2v) is 6.81. The summed E-state index contributed by atoms with van der Waals surface area (Å²) in [6.45, 7) is 0.873. The Bertz CT molecular complexity index is 728. The third-order valence-electron chi connectivity index (χ3n) is 4.87. The predicted octanol–water partition coefficient (Wildman–Crippen LogP) is 4.99. The molecule has 0 saturated carbocycles. The molecule has 0 fully saturated rings. The number of esters is 1. The van der Waals surface area contributed by atoms with Crippen molar-refractivity contribution in [3.05, 3.63) is 65.0 Å². The van der Waals surface area contributed by atoms with Crippen molar-refractivity contribution in [1.82, 2.24) is 4.57 Å². The van der Waals surface area contributed by atoms with Crippen molar-refractivity contribution in [2.24, 2.45) is 0 Å². The van der Waals surface area contributed by atoms with Gasteiger partial charge in [0.1, 0.15) is 0 Å². The summed E-state index contributed by atoms with van der Waals surface area (Å²) in [7, 11) is 1.46. The maximum Gasteiger partial charge on any atom is 0.333 e. The van der Waals surface area contributed by atoms with Crippen LogP contribution in [-0.2, 0) is 22.5 Å². The zero-order chi connectivity index (χ0) is 17.5. The second kappa shape index (κ2) is 8.70. The van der Waals surface area contributed by atoms with Gasteiger partial charge in [-0.1, -0.05) is 49.6 Å². The zero-order valence-corrected chi connectivity index (χ0v) is 15.0. The molecule has 1 aliphatic rings. The number of methoxy groups -OCH3 is 1. The van der Waals surface area contributed by atoms with Gasteiger partial charge in [0.2, 0.25) is 0 Å². The molecule has 1 heterocycles. The highest BCUT2D eigenvalue weighted by Gasteiger charge is 2.13. The smallest absolute Gasteiger partial charge is 0.333 e. The SMILES string of the molecule is COC(=O)/C1=C/c2cc(n(Cc3ccccc3)c2)CCCCCCC1. The summed E-state index contributed by atoms with van der Waals surface area (Å²) in [5.74, 6) is -0.200. The molecule has 3 heteroatoms. The van der Waals surface area contributed by atoms with Crippen LogP contribution in [0.2, 0.25) is 0 Å². The lowest BCUT2D eigenvalue weighted by molar-refractivity contribution is -0.136. The monoisotopic (exact) mass is 337 g/mol. The molecule has 0 atom stereocenters. The Morgan fingerprint density at radius 2 is 1.76 bits per heavy atom. The van der Waals surface area contributed by atoms with E-state index in [2.05, 4.69) is 41.1 Å². The highest BCUT2D eigenvalue weighted by Crippen LogP contribution is 2.22. The van der Waals surface area contributed by atoms with E-state index in [1.165, 1.54) is 44.1 Å². The maximum absolute atomic E-state index is 12.1. The minimum absolute atomic E-state index is 0.200. The van der Waals surface area contributed by atoms with Crippen molar-refractivity contribution in [2.45, 2.75) is 51.5 Å². The van der Waals surface area contributed by atoms with Crippen LogP contribution in [0.25, 0.3) is 6.08 Å². The molecule has 0 amide bonds. The van der Waals surface area contributed by atoms with Gasteiger partial charge in [-0.3, -0.25) is 0 Å². The lowest BCUT2D eigenvalue weighted by Gasteiger charge is -2.09. The van der Waals surface area contributed by atoms with Gasteiger partial charge in [-0.25, -0.2) is 4.79 Å². The van der Waals surface area contributed by atoms with Crippen LogP contribution in [0, 0.1) is 0 Å². The minimum Gasteiger partial charge on any atom is -0.466 e. The maximum atomic E-state index is 12.1. The van der Waals surface area contributed by atoms with Crippen molar-refractivity contribution >= 4 is 12.0 Å². The standard InChI is InChI=1S/C22H27NO2/c1-25-22(24)20-12-8-3-2-4-9-13-21-15-19(14-20)17-23(21)16-18-10-6-5-7-11-18/h5-7,10-11,14-15,17H,2-4,8-9,12-13,16H2,1H3/b20-14+. The van der Waals surface area contributed by atoms with E-state index in [1.54, 1.807) is 0 Å². The second-order valence-electron chi connectivity index (χ2n) is 6.81. The fourth-order valence-electron chi connectivity index (χ4n) is 3.51. The number of hydrogen-bond acceptors (Lipinski definition) is 2. The van der Waals surface area contributed by atoms with Crippen LogP contribution in [0.1, 0.15) is 55.3 Å². The van der Waals surface area contributed by atoms with Crippen LogP contribution in [0.5, 0.6) is 0 Å². The Labute approximate surface area is 150 Å². The first-order chi connectivity index (χ1) is 12.3. The van der Waals surface area contributed by atoms with Crippen molar-refractivity contribution in [2.75, 3.05) is 7.11 Å². The van der Waals surface area contributed by atoms with Gasteiger partial charge in [-0.05, 0) is 49.0 Å². The van der Waals surface area contributed by atoms with Gasteiger partial charge in [-0.2, -0.15) is 0 Å². The first-order valence-electron chi connectivity index (χ1n) is 9.28. The van der Waals surface area contributed by atoms with E-state index in [4.69, 9.17) is 4.74 Å². The molecule has 2 aromatic rings.